The summed E-state index contributed by atoms with van der Waals surface area (Å²) >= 11 is 0. The maximum atomic E-state index is 13.0. The Hall–Kier alpha value is -2.13. The van der Waals surface area contributed by atoms with Crippen LogP contribution >= 0.6 is 0 Å². The van der Waals surface area contributed by atoms with E-state index in [-0.39, 0.29) is 36.4 Å². The van der Waals surface area contributed by atoms with Crippen LogP contribution in [0.3, 0.4) is 0 Å². The second-order valence-corrected chi connectivity index (χ2v) is 9.91. The van der Waals surface area contributed by atoms with E-state index in [9.17, 15) is 18.0 Å². The number of sulfonamides is 1. The number of nitrogens with one attached hydrogen (secondary N) is 1. The molecule has 1 saturated heterocycles. The Bertz CT molecular complexity index is 887. The van der Waals surface area contributed by atoms with E-state index in [4.69, 9.17) is 4.74 Å². The van der Waals surface area contributed by atoms with Gasteiger partial charge in [0.15, 0.2) is 6.61 Å². The smallest absolute Gasteiger partial charge is 0.262 e. The van der Waals surface area contributed by atoms with Gasteiger partial charge in [-0.05, 0) is 30.5 Å². The fraction of sp³-hybridized carbons (Fsp3) is 0.600. The van der Waals surface area contributed by atoms with E-state index >= 15 is 0 Å². The quantitative estimate of drug-likeness (QED) is 0.782. The van der Waals surface area contributed by atoms with Gasteiger partial charge in [0.25, 0.3) is 5.91 Å². The molecule has 1 aliphatic carbocycles. The zero-order chi connectivity index (χ0) is 20.4. The average molecular weight is 422 g/mol. The molecule has 0 atom stereocenters. The van der Waals surface area contributed by atoms with Gasteiger partial charge in [-0.15, -0.1) is 0 Å². The number of benzene rings is 1. The number of anilines is 1. The molecule has 0 unspecified atom stereocenters. The minimum absolute atomic E-state index is 0.0736. The second-order valence-electron chi connectivity index (χ2n) is 7.97. The van der Waals surface area contributed by atoms with Gasteiger partial charge >= 0.3 is 0 Å². The molecule has 0 radical (unpaired) electrons. The Morgan fingerprint density at radius 2 is 1.86 bits per heavy atom. The molecule has 1 aromatic rings. The van der Waals surface area contributed by atoms with Crippen molar-refractivity contribution < 1.29 is 22.7 Å². The number of hydrogen-bond donors (Lipinski definition) is 1. The predicted octanol–water partition coefficient (Wildman–Crippen LogP) is 1.82. The Morgan fingerprint density at radius 3 is 2.59 bits per heavy atom. The van der Waals surface area contributed by atoms with Crippen molar-refractivity contribution in [2.75, 3.05) is 38.1 Å². The molecule has 1 N–H and O–H groups in total. The third-order valence-electron chi connectivity index (χ3n) is 6.05. The predicted molar refractivity (Wildman–Crippen MR) is 107 cm³/mol. The molecule has 4 rings (SSSR count). The molecule has 2 heterocycles. The lowest BCUT2D eigenvalue weighted by atomic mass is 10.0. The van der Waals surface area contributed by atoms with Crippen molar-refractivity contribution in [2.24, 2.45) is 5.92 Å². The van der Waals surface area contributed by atoms with Crippen LogP contribution < -0.4 is 10.1 Å². The van der Waals surface area contributed by atoms with Gasteiger partial charge in [-0.2, -0.15) is 4.31 Å². The fourth-order valence-electron chi connectivity index (χ4n) is 4.33. The summed E-state index contributed by atoms with van der Waals surface area (Å²) in [5, 5.41) is 2.63. The van der Waals surface area contributed by atoms with E-state index in [1.54, 1.807) is 11.0 Å². The number of nitrogens with zero attached hydrogens (tertiary/aromatic N) is 2. The molecule has 2 aliphatic heterocycles. The topological polar surface area (TPSA) is 96.0 Å². The number of carbonyl (C=O) groups excluding carboxylic acids is 2. The number of carbonyl (C=O) groups is 2. The molecule has 3 aliphatic rings. The molecule has 29 heavy (non-hydrogen) atoms. The van der Waals surface area contributed by atoms with Crippen LogP contribution in [0.15, 0.2) is 23.1 Å². The Kier molecular flexibility index (Phi) is 5.78. The van der Waals surface area contributed by atoms with Crippen LogP contribution in [0.1, 0.15) is 38.5 Å². The van der Waals surface area contributed by atoms with Gasteiger partial charge in [0.05, 0.1) is 10.6 Å². The zero-order valence-corrected chi connectivity index (χ0v) is 17.2. The summed E-state index contributed by atoms with van der Waals surface area (Å²) in [5.41, 5.74) is 0.364. The summed E-state index contributed by atoms with van der Waals surface area (Å²) in [7, 11) is -3.70. The number of ether oxygens (including phenoxy) is 1. The van der Waals surface area contributed by atoms with Crippen LogP contribution in [0.2, 0.25) is 0 Å². The molecule has 1 aromatic carbocycles. The molecule has 8 nitrogen and oxygen atoms in total. The third-order valence-corrected chi connectivity index (χ3v) is 7.95. The van der Waals surface area contributed by atoms with Crippen LogP contribution in [0.25, 0.3) is 0 Å². The maximum Gasteiger partial charge on any atom is 0.262 e. The number of rotatable bonds is 5. The van der Waals surface area contributed by atoms with E-state index in [2.05, 4.69) is 5.32 Å². The number of hydrogen-bond acceptors (Lipinski definition) is 5. The van der Waals surface area contributed by atoms with Crippen LogP contribution in [0, 0.1) is 5.92 Å². The van der Waals surface area contributed by atoms with Gasteiger partial charge in [0.1, 0.15) is 5.75 Å². The van der Waals surface area contributed by atoms with Crippen LogP contribution in [0.4, 0.5) is 5.69 Å². The highest BCUT2D eigenvalue weighted by molar-refractivity contribution is 7.89. The summed E-state index contributed by atoms with van der Waals surface area (Å²) in [6.45, 7) is 1.30. The Balaban J connectivity index is 1.35. The largest absolute Gasteiger partial charge is 0.482 e. The molecular weight excluding hydrogens is 394 g/mol. The van der Waals surface area contributed by atoms with E-state index < -0.39 is 10.0 Å². The number of piperazine rings is 1. The van der Waals surface area contributed by atoms with Gasteiger partial charge < -0.3 is 15.0 Å². The minimum Gasteiger partial charge on any atom is -0.482 e. The van der Waals surface area contributed by atoms with E-state index in [1.165, 1.54) is 42.1 Å². The van der Waals surface area contributed by atoms with E-state index in [0.29, 0.717) is 36.9 Å². The molecule has 2 amide bonds. The third kappa shape index (κ3) is 4.40. The first kappa shape index (κ1) is 20.2. The van der Waals surface area contributed by atoms with Crippen LogP contribution in [-0.2, 0) is 19.6 Å². The molecule has 2 fully saturated rings. The lowest BCUT2D eigenvalue weighted by Crippen LogP contribution is -2.50. The number of amides is 2. The Morgan fingerprint density at radius 1 is 1.14 bits per heavy atom. The van der Waals surface area contributed by atoms with Gasteiger partial charge in [0.2, 0.25) is 15.9 Å². The molecule has 1 saturated carbocycles. The lowest BCUT2D eigenvalue weighted by Gasteiger charge is -2.34. The summed E-state index contributed by atoms with van der Waals surface area (Å²) < 4.78 is 32.7. The van der Waals surface area contributed by atoms with Gasteiger partial charge in [-0.25, -0.2) is 8.42 Å². The SMILES string of the molecule is O=C1COc2ccc(S(=O)(=O)N3CCN(C(=O)CCC4CCCC4)CC3)cc2N1. The molecular formula is C20H27N3O5S. The van der Waals surface area contributed by atoms with Crippen LogP contribution in [0.5, 0.6) is 5.75 Å². The molecule has 0 spiro atoms. The second kappa shape index (κ2) is 8.31. The van der Waals surface area contributed by atoms with Crippen molar-refractivity contribution in [3.05, 3.63) is 18.2 Å². The van der Waals surface area contributed by atoms with Gasteiger partial charge in [0, 0.05) is 32.6 Å². The van der Waals surface area contributed by atoms with Gasteiger partial charge in [-0.1, -0.05) is 25.7 Å². The van der Waals surface area contributed by atoms with Crippen molar-refractivity contribution in [3.63, 3.8) is 0 Å². The Labute approximate surface area is 171 Å². The first-order chi connectivity index (χ1) is 13.9. The molecule has 158 valence electrons. The van der Waals surface area contributed by atoms with Crippen LogP contribution in [-0.4, -0.2) is 62.2 Å². The highest BCUT2D eigenvalue weighted by Gasteiger charge is 2.31. The summed E-state index contributed by atoms with van der Waals surface area (Å²) in [6.07, 6.45) is 6.50. The monoisotopic (exact) mass is 421 g/mol. The molecule has 0 bridgehead atoms. The molecule has 0 aromatic heterocycles. The molecule has 9 heteroatoms. The first-order valence-electron chi connectivity index (χ1n) is 10.3. The highest BCUT2D eigenvalue weighted by Crippen LogP contribution is 2.32. The first-order valence-corrected chi connectivity index (χ1v) is 11.7. The zero-order valence-electron chi connectivity index (χ0n) is 16.4. The lowest BCUT2D eigenvalue weighted by molar-refractivity contribution is -0.132. The fourth-order valence-corrected chi connectivity index (χ4v) is 5.78. The highest BCUT2D eigenvalue weighted by atomic mass is 32.2. The van der Waals surface area contributed by atoms with E-state index in [1.807, 2.05) is 0 Å². The van der Waals surface area contributed by atoms with Crippen molar-refractivity contribution >= 4 is 27.5 Å². The standard InChI is InChI=1S/C20H27N3O5S/c24-19-14-28-18-7-6-16(13-17(18)21-19)29(26,27)23-11-9-22(10-12-23)20(25)8-5-15-3-1-2-4-15/h6-7,13,15H,1-5,8-12,14H2,(H,21,24). The van der Waals surface area contributed by atoms with Gasteiger partial charge in [-0.3, -0.25) is 9.59 Å². The summed E-state index contributed by atoms with van der Waals surface area (Å²) in [4.78, 5) is 25.9. The van der Waals surface area contributed by atoms with Crippen molar-refractivity contribution in [1.29, 1.82) is 0 Å². The number of fused-ring (bicyclic) bond motifs is 1. The summed E-state index contributed by atoms with van der Waals surface area (Å²) in [5.74, 6) is 0.953. The van der Waals surface area contributed by atoms with E-state index in [0.717, 1.165) is 6.42 Å². The summed E-state index contributed by atoms with van der Waals surface area (Å²) in [6, 6.07) is 4.48. The van der Waals surface area contributed by atoms with Crippen molar-refractivity contribution in [3.8, 4) is 5.75 Å². The minimum atomic E-state index is -3.70. The average Bonchev–Trinajstić information content (AvgIpc) is 3.25. The maximum absolute atomic E-state index is 13.0. The van der Waals surface area contributed by atoms with Crippen molar-refractivity contribution in [1.82, 2.24) is 9.21 Å². The van der Waals surface area contributed by atoms with Crippen molar-refractivity contribution in [2.45, 2.75) is 43.4 Å². The normalized spacial score (nSPS) is 20.8.